The third kappa shape index (κ3) is 3.08. The fourth-order valence-electron chi connectivity index (χ4n) is 2.62. The van der Waals surface area contributed by atoms with Gasteiger partial charge >= 0.3 is 5.76 Å². The normalized spacial score (nSPS) is 12.0. The number of carbonyl (C=O) groups is 1. The summed E-state index contributed by atoms with van der Waals surface area (Å²) >= 11 is 0. The lowest BCUT2D eigenvalue weighted by molar-refractivity contribution is -0.118. The first kappa shape index (κ1) is 16.6. The van der Waals surface area contributed by atoms with Gasteiger partial charge in [-0.2, -0.15) is 0 Å². The third-order valence-corrected chi connectivity index (χ3v) is 3.95. The maximum Gasteiger partial charge on any atom is 0.420 e. The number of ether oxygens (including phenoxy) is 2. The van der Waals surface area contributed by atoms with Gasteiger partial charge in [0.1, 0.15) is 17.5 Å². The van der Waals surface area contributed by atoms with Gasteiger partial charge in [-0.1, -0.05) is 12.1 Å². The molecule has 0 aliphatic rings. The molecule has 1 atom stereocenters. The Kier molecular flexibility index (Phi) is 4.47. The number of oxazole rings is 1. The third-order valence-electron chi connectivity index (χ3n) is 3.95. The van der Waals surface area contributed by atoms with Crippen molar-refractivity contribution in [3.05, 3.63) is 53.0 Å². The molecule has 0 aliphatic heterocycles. The maximum absolute atomic E-state index is 12.7. The molecule has 130 valence electrons. The highest BCUT2D eigenvalue weighted by Crippen LogP contribution is 2.29. The van der Waals surface area contributed by atoms with E-state index in [1.165, 1.54) is 18.8 Å². The number of nitrogens with one attached hydrogen (secondary N) is 1. The number of benzene rings is 2. The van der Waals surface area contributed by atoms with Crippen LogP contribution in [0.4, 0.5) is 5.69 Å². The van der Waals surface area contributed by atoms with Crippen molar-refractivity contribution in [2.75, 3.05) is 19.5 Å². The maximum atomic E-state index is 12.7. The van der Waals surface area contributed by atoms with Crippen molar-refractivity contribution in [3.63, 3.8) is 0 Å². The number of amides is 1. The largest absolute Gasteiger partial charge is 0.497 e. The molecule has 0 unspecified atom stereocenters. The molecular formula is C18H18N2O5. The fourth-order valence-corrected chi connectivity index (χ4v) is 2.62. The van der Waals surface area contributed by atoms with E-state index in [1.54, 1.807) is 49.4 Å². The molecule has 25 heavy (non-hydrogen) atoms. The van der Waals surface area contributed by atoms with Crippen LogP contribution in [0.2, 0.25) is 0 Å². The van der Waals surface area contributed by atoms with Crippen LogP contribution in [-0.4, -0.2) is 24.7 Å². The fraction of sp³-hybridized carbons (Fsp3) is 0.222. The van der Waals surface area contributed by atoms with Crippen molar-refractivity contribution in [1.29, 1.82) is 0 Å². The smallest absolute Gasteiger partial charge is 0.420 e. The molecule has 0 fully saturated rings. The van der Waals surface area contributed by atoms with Crippen LogP contribution in [0.25, 0.3) is 11.1 Å². The first-order chi connectivity index (χ1) is 12.0. The van der Waals surface area contributed by atoms with Gasteiger partial charge in [0.05, 0.1) is 25.4 Å². The van der Waals surface area contributed by atoms with E-state index < -0.39 is 11.8 Å². The number of anilines is 1. The number of aromatic nitrogens is 1. The molecular weight excluding hydrogens is 324 g/mol. The Labute approximate surface area is 143 Å². The molecule has 1 N–H and O–H groups in total. The van der Waals surface area contributed by atoms with Gasteiger partial charge in [-0.05, 0) is 31.2 Å². The van der Waals surface area contributed by atoms with Crippen molar-refractivity contribution in [3.8, 4) is 11.5 Å². The molecule has 3 aromatic rings. The van der Waals surface area contributed by atoms with Crippen molar-refractivity contribution in [1.82, 2.24) is 4.57 Å². The Morgan fingerprint density at radius 1 is 1.16 bits per heavy atom. The number of fused-ring (bicyclic) bond motifs is 1. The average Bonchev–Trinajstić information content (AvgIpc) is 2.96. The molecule has 2 aromatic carbocycles. The second kappa shape index (κ2) is 6.72. The lowest BCUT2D eigenvalue weighted by Crippen LogP contribution is -2.29. The SMILES string of the molecule is COc1ccc(OC)c(NC(=O)[C@H](C)n2c(=O)oc3ccccc32)c1. The van der Waals surface area contributed by atoms with E-state index in [9.17, 15) is 9.59 Å². The van der Waals surface area contributed by atoms with E-state index in [0.717, 1.165) is 0 Å². The summed E-state index contributed by atoms with van der Waals surface area (Å²) in [6, 6.07) is 11.3. The molecule has 0 saturated heterocycles. The van der Waals surface area contributed by atoms with Crippen LogP contribution in [0.15, 0.2) is 51.7 Å². The molecule has 0 radical (unpaired) electrons. The monoisotopic (exact) mass is 342 g/mol. The van der Waals surface area contributed by atoms with Gasteiger partial charge < -0.3 is 19.2 Å². The summed E-state index contributed by atoms with van der Waals surface area (Å²) in [7, 11) is 3.04. The zero-order valence-electron chi connectivity index (χ0n) is 14.1. The minimum Gasteiger partial charge on any atom is -0.497 e. The number of para-hydroxylation sites is 2. The van der Waals surface area contributed by atoms with E-state index in [4.69, 9.17) is 13.9 Å². The zero-order valence-corrected chi connectivity index (χ0v) is 14.1. The molecule has 1 heterocycles. The Bertz CT molecular complexity index is 973. The van der Waals surface area contributed by atoms with Crippen LogP contribution in [0.1, 0.15) is 13.0 Å². The van der Waals surface area contributed by atoms with Gasteiger partial charge in [0.15, 0.2) is 5.58 Å². The van der Waals surface area contributed by atoms with Gasteiger partial charge in [0.25, 0.3) is 0 Å². The number of carbonyl (C=O) groups excluding carboxylic acids is 1. The van der Waals surface area contributed by atoms with Gasteiger partial charge in [-0.25, -0.2) is 4.79 Å². The molecule has 3 rings (SSSR count). The van der Waals surface area contributed by atoms with Crippen LogP contribution in [0.3, 0.4) is 0 Å². The van der Waals surface area contributed by atoms with E-state index in [-0.39, 0.29) is 5.91 Å². The highest BCUT2D eigenvalue weighted by Gasteiger charge is 2.22. The minimum atomic E-state index is -0.771. The second-order valence-electron chi connectivity index (χ2n) is 5.44. The van der Waals surface area contributed by atoms with Gasteiger partial charge in [-0.3, -0.25) is 9.36 Å². The van der Waals surface area contributed by atoms with Crippen molar-refractivity contribution in [2.24, 2.45) is 0 Å². The van der Waals surface area contributed by atoms with Gasteiger partial charge in [-0.15, -0.1) is 0 Å². The summed E-state index contributed by atoms with van der Waals surface area (Å²) in [5, 5.41) is 2.77. The number of nitrogens with zero attached hydrogens (tertiary/aromatic N) is 1. The quantitative estimate of drug-likeness (QED) is 0.771. The Balaban J connectivity index is 1.93. The predicted octanol–water partition coefficient (Wildman–Crippen LogP) is 2.81. The molecule has 7 heteroatoms. The van der Waals surface area contributed by atoms with E-state index in [2.05, 4.69) is 5.32 Å². The summed E-state index contributed by atoms with van der Waals surface area (Å²) in [5.74, 6) is 0.113. The van der Waals surface area contributed by atoms with Crippen LogP contribution >= 0.6 is 0 Å². The highest BCUT2D eigenvalue weighted by atomic mass is 16.5. The molecule has 0 bridgehead atoms. The van der Waals surface area contributed by atoms with Crippen molar-refractivity contribution >= 4 is 22.7 Å². The molecule has 7 nitrogen and oxygen atoms in total. The van der Waals surface area contributed by atoms with Crippen LogP contribution in [0, 0.1) is 0 Å². The molecule has 1 aromatic heterocycles. The second-order valence-corrected chi connectivity index (χ2v) is 5.44. The molecule has 0 saturated carbocycles. The first-order valence-corrected chi connectivity index (χ1v) is 7.68. The van der Waals surface area contributed by atoms with Crippen molar-refractivity contribution in [2.45, 2.75) is 13.0 Å². The Hall–Kier alpha value is -3.22. The van der Waals surface area contributed by atoms with Gasteiger partial charge in [0, 0.05) is 6.07 Å². The van der Waals surface area contributed by atoms with Crippen molar-refractivity contribution < 1.29 is 18.7 Å². The Morgan fingerprint density at radius 2 is 1.92 bits per heavy atom. The summed E-state index contributed by atoms with van der Waals surface area (Å²) in [6.45, 7) is 1.63. The number of hydrogen-bond acceptors (Lipinski definition) is 5. The molecule has 0 aliphatic carbocycles. The van der Waals surface area contributed by atoms with Crippen LogP contribution in [-0.2, 0) is 4.79 Å². The topological polar surface area (TPSA) is 82.7 Å². The zero-order chi connectivity index (χ0) is 18.0. The highest BCUT2D eigenvalue weighted by molar-refractivity contribution is 5.95. The lowest BCUT2D eigenvalue weighted by Gasteiger charge is -2.16. The number of rotatable bonds is 5. The van der Waals surface area contributed by atoms with Gasteiger partial charge in [0.2, 0.25) is 5.91 Å². The first-order valence-electron chi connectivity index (χ1n) is 7.68. The summed E-state index contributed by atoms with van der Waals surface area (Å²) < 4.78 is 16.9. The van der Waals surface area contributed by atoms with E-state index in [0.29, 0.717) is 28.3 Å². The standard InChI is InChI=1S/C18H18N2O5/c1-11(20-14-6-4-5-7-16(14)25-18(20)22)17(21)19-13-10-12(23-2)8-9-15(13)24-3/h4-11H,1-3H3,(H,19,21)/t11-/m0/s1. The Morgan fingerprint density at radius 3 is 2.64 bits per heavy atom. The predicted molar refractivity (Wildman–Crippen MR) is 93.4 cm³/mol. The summed E-state index contributed by atoms with van der Waals surface area (Å²) in [6.07, 6.45) is 0. The number of methoxy groups -OCH3 is 2. The minimum absolute atomic E-state index is 0.375. The average molecular weight is 342 g/mol. The molecule has 0 spiro atoms. The number of hydrogen-bond donors (Lipinski definition) is 1. The lowest BCUT2D eigenvalue weighted by atomic mass is 10.2. The summed E-state index contributed by atoms with van der Waals surface area (Å²) in [5.41, 5.74) is 1.46. The van der Waals surface area contributed by atoms with Crippen LogP contribution in [0.5, 0.6) is 11.5 Å². The van der Waals surface area contributed by atoms with E-state index >= 15 is 0 Å². The summed E-state index contributed by atoms with van der Waals surface area (Å²) in [4.78, 5) is 24.8. The molecule has 1 amide bonds. The van der Waals surface area contributed by atoms with Crippen LogP contribution < -0.4 is 20.5 Å². The van der Waals surface area contributed by atoms with E-state index in [1.807, 2.05) is 0 Å².